The fourth-order valence-electron chi connectivity index (χ4n) is 1.10. The van der Waals surface area contributed by atoms with Gasteiger partial charge in [0.25, 0.3) is 0 Å². The molecule has 3 N–H and O–H groups in total. The summed E-state index contributed by atoms with van der Waals surface area (Å²) in [5, 5.41) is 13.1. The molecule has 1 atom stereocenters. The highest BCUT2D eigenvalue weighted by atomic mass is 15.6. The molecule has 1 aliphatic heterocycles. The zero-order chi connectivity index (χ0) is 12.3. The predicted molar refractivity (Wildman–Crippen MR) is 62.2 cm³/mol. The molecule has 0 amide bonds. The molecule has 2 rings (SSSR count). The average Bonchev–Trinajstić information content (AvgIpc) is 2.70. The molecular formula is C9H19N7. The molecule has 2 heterocycles. The normalized spacial score (nSPS) is 18.8. The summed E-state index contributed by atoms with van der Waals surface area (Å²) in [5.74, 6) is 8.21. The van der Waals surface area contributed by atoms with Crippen molar-refractivity contribution in [2.75, 3.05) is 0 Å². The van der Waals surface area contributed by atoms with Gasteiger partial charge in [-0.3, -0.25) is 10.4 Å². The van der Waals surface area contributed by atoms with E-state index >= 15 is 0 Å². The maximum atomic E-state index is 5.46. The van der Waals surface area contributed by atoms with Crippen molar-refractivity contribution in [3.05, 3.63) is 11.6 Å². The van der Waals surface area contributed by atoms with Crippen LogP contribution in [0.5, 0.6) is 0 Å². The van der Waals surface area contributed by atoms with Gasteiger partial charge in [0.2, 0.25) is 0 Å². The number of aromatic nitrogens is 3. The van der Waals surface area contributed by atoms with Crippen LogP contribution in [-0.4, -0.2) is 31.8 Å². The number of rotatable bonds is 0. The Hall–Kier alpha value is -1.63. The van der Waals surface area contributed by atoms with Crippen molar-refractivity contribution >= 4 is 5.84 Å². The van der Waals surface area contributed by atoms with Gasteiger partial charge in [-0.25, -0.2) is 5.84 Å². The van der Waals surface area contributed by atoms with Gasteiger partial charge in [-0.2, -0.15) is 5.10 Å². The number of nitrogens with two attached hydrogens (primary N) is 1. The number of amidine groups is 1. The van der Waals surface area contributed by atoms with E-state index in [9.17, 15) is 0 Å². The minimum Gasteiger partial charge on any atom is -0.319 e. The van der Waals surface area contributed by atoms with E-state index in [4.69, 9.17) is 5.84 Å². The molecule has 1 aromatic rings. The van der Waals surface area contributed by atoms with Crippen molar-refractivity contribution < 1.29 is 0 Å². The number of hydrazone groups is 1. The van der Waals surface area contributed by atoms with Gasteiger partial charge in [0.1, 0.15) is 23.7 Å². The molecular weight excluding hydrogens is 206 g/mol. The summed E-state index contributed by atoms with van der Waals surface area (Å²) in [4.78, 5) is 0. The molecule has 16 heavy (non-hydrogen) atoms. The monoisotopic (exact) mass is 225 g/mol. The Morgan fingerprint density at radius 3 is 1.81 bits per heavy atom. The first-order chi connectivity index (χ1) is 7.43. The predicted octanol–water partition coefficient (Wildman–Crippen LogP) is -0.123. The molecule has 0 aromatic carbocycles. The molecule has 1 aromatic heterocycles. The summed E-state index contributed by atoms with van der Waals surface area (Å²) in [6.07, 6.45) is 0.148. The first kappa shape index (κ1) is 12.4. The Kier molecular flexibility index (Phi) is 3.83. The topological polar surface area (TPSA) is 84.4 Å². The number of aryl methyl sites for hydroxylation is 2. The fraction of sp³-hybridized carbons (Fsp3) is 0.667. The highest BCUT2D eigenvalue weighted by Gasteiger charge is 2.15. The van der Waals surface area contributed by atoms with Gasteiger partial charge in [0.15, 0.2) is 0 Å². The van der Waals surface area contributed by atoms with Gasteiger partial charge in [-0.1, -0.05) is 0 Å². The van der Waals surface area contributed by atoms with Crippen molar-refractivity contribution in [2.45, 2.75) is 33.9 Å². The quantitative estimate of drug-likeness (QED) is 0.601. The van der Waals surface area contributed by atoms with Crippen LogP contribution < -0.4 is 11.3 Å². The molecule has 1 unspecified atom stereocenters. The lowest BCUT2D eigenvalue weighted by Crippen LogP contribution is -2.42. The van der Waals surface area contributed by atoms with Crippen molar-refractivity contribution in [1.29, 1.82) is 0 Å². The van der Waals surface area contributed by atoms with Crippen molar-refractivity contribution in [1.82, 2.24) is 25.2 Å². The number of hydrazine groups is 1. The van der Waals surface area contributed by atoms with E-state index in [1.54, 1.807) is 5.01 Å². The van der Waals surface area contributed by atoms with Crippen LogP contribution in [0.4, 0.5) is 0 Å². The SMILES string of the molecule is CC1=NNC(C)N1N.Cc1nnc(C)n1C. The van der Waals surface area contributed by atoms with Gasteiger partial charge in [-0.15, -0.1) is 10.2 Å². The molecule has 0 fully saturated rings. The van der Waals surface area contributed by atoms with Gasteiger partial charge >= 0.3 is 0 Å². The third-order valence-corrected chi connectivity index (χ3v) is 2.51. The van der Waals surface area contributed by atoms with E-state index in [2.05, 4.69) is 20.7 Å². The van der Waals surface area contributed by atoms with Crippen LogP contribution in [0.15, 0.2) is 5.10 Å². The Bertz CT molecular complexity index is 362. The number of nitrogens with one attached hydrogen (secondary N) is 1. The highest BCUT2D eigenvalue weighted by molar-refractivity contribution is 5.80. The third-order valence-electron chi connectivity index (χ3n) is 2.51. The number of nitrogens with zero attached hydrogens (tertiary/aromatic N) is 5. The summed E-state index contributed by atoms with van der Waals surface area (Å²) in [6, 6.07) is 0. The van der Waals surface area contributed by atoms with Crippen molar-refractivity contribution in [3.63, 3.8) is 0 Å². The van der Waals surface area contributed by atoms with E-state index in [-0.39, 0.29) is 6.17 Å². The van der Waals surface area contributed by atoms with Gasteiger partial charge in [0.05, 0.1) is 0 Å². The van der Waals surface area contributed by atoms with Crippen LogP contribution in [0.2, 0.25) is 0 Å². The van der Waals surface area contributed by atoms with Crippen LogP contribution in [0, 0.1) is 13.8 Å². The molecule has 7 heteroatoms. The second-order valence-corrected chi connectivity index (χ2v) is 3.72. The van der Waals surface area contributed by atoms with E-state index in [1.165, 1.54) is 0 Å². The van der Waals surface area contributed by atoms with Crippen LogP contribution in [0.25, 0.3) is 0 Å². The Labute approximate surface area is 95.3 Å². The van der Waals surface area contributed by atoms with Gasteiger partial charge in [0, 0.05) is 7.05 Å². The van der Waals surface area contributed by atoms with E-state index in [0.29, 0.717) is 0 Å². The maximum Gasteiger partial charge on any atom is 0.137 e. The molecule has 1 aliphatic rings. The van der Waals surface area contributed by atoms with Gasteiger partial charge < -0.3 is 4.57 Å². The first-order valence-corrected chi connectivity index (χ1v) is 5.09. The van der Waals surface area contributed by atoms with Crippen LogP contribution in [-0.2, 0) is 7.05 Å². The van der Waals surface area contributed by atoms with Crippen LogP contribution in [0.1, 0.15) is 25.5 Å². The zero-order valence-corrected chi connectivity index (χ0v) is 10.4. The minimum atomic E-state index is 0.148. The van der Waals surface area contributed by atoms with Crippen molar-refractivity contribution in [2.24, 2.45) is 18.0 Å². The standard InChI is InChI=1S/C5H9N3.C4H10N4/c1-4-6-7-5(2)8(4)3;1-3-6-7-4(2)8(3)5/h1-3H3;3,6H,5H2,1-2H3. The molecule has 7 nitrogen and oxygen atoms in total. The van der Waals surface area contributed by atoms with E-state index < -0.39 is 0 Å². The Balaban J connectivity index is 0.000000160. The molecule has 0 saturated heterocycles. The Morgan fingerprint density at radius 2 is 1.69 bits per heavy atom. The largest absolute Gasteiger partial charge is 0.319 e. The lowest BCUT2D eigenvalue weighted by molar-refractivity contribution is 0.331. The summed E-state index contributed by atoms with van der Waals surface area (Å²) in [7, 11) is 1.95. The van der Waals surface area contributed by atoms with E-state index in [0.717, 1.165) is 17.5 Å². The molecule has 90 valence electrons. The minimum absolute atomic E-state index is 0.148. The lowest BCUT2D eigenvalue weighted by atomic mass is 10.5. The molecule has 0 bridgehead atoms. The lowest BCUT2D eigenvalue weighted by Gasteiger charge is -2.14. The molecule has 0 saturated carbocycles. The molecule has 0 radical (unpaired) electrons. The third kappa shape index (κ3) is 2.69. The van der Waals surface area contributed by atoms with Crippen molar-refractivity contribution in [3.8, 4) is 0 Å². The van der Waals surface area contributed by atoms with E-state index in [1.807, 2.05) is 39.3 Å². The summed E-state index contributed by atoms with van der Waals surface area (Å²) in [6.45, 7) is 7.66. The first-order valence-electron chi connectivity index (χ1n) is 5.09. The molecule has 0 aliphatic carbocycles. The second kappa shape index (κ2) is 4.93. The Morgan fingerprint density at radius 1 is 1.19 bits per heavy atom. The summed E-state index contributed by atoms with van der Waals surface area (Å²) >= 11 is 0. The summed E-state index contributed by atoms with van der Waals surface area (Å²) in [5.41, 5.74) is 2.81. The van der Waals surface area contributed by atoms with Crippen LogP contribution in [0.3, 0.4) is 0 Å². The highest BCUT2D eigenvalue weighted by Crippen LogP contribution is 1.96. The smallest absolute Gasteiger partial charge is 0.137 e. The summed E-state index contributed by atoms with van der Waals surface area (Å²) < 4.78 is 1.94. The number of hydrogen-bond acceptors (Lipinski definition) is 6. The average molecular weight is 225 g/mol. The molecule has 0 spiro atoms. The zero-order valence-electron chi connectivity index (χ0n) is 10.4. The fourth-order valence-corrected chi connectivity index (χ4v) is 1.10. The van der Waals surface area contributed by atoms with Crippen LogP contribution >= 0.6 is 0 Å². The maximum absolute atomic E-state index is 5.46. The van der Waals surface area contributed by atoms with Gasteiger partial charge in [-0.05, 0) is 27.7 Å². The second-order valence-electron chi connectivity index (χ2n) is 3.72. The number of hydrogen-bond donors (Lipinski definition) is 2.